The summed E-state index contributed by atoms with van der Waals surface area (Å²) < 4.78 is 0. The zero-order valence-electron chi connectivity index (χ0n) is 33.5. The highest BCUT2D eigenvalue weighted by Gasteiger charge is 2.32. The lowest BCUT2D eigenvalue weighted by Crippen LogP contribution is -2.52. The number of nitrogens with one attached hydrogen (secondary N) is 5. The van der Waals surface area contributed by atoms with E-state index in [1.165, 1.54) is 6.33 Å². The second-order valence-electron chi connectivity index (χ2n) is 15.2. The topological polar surface area (TPSA) is 242 Å². The number of rotatable bonds is 14. The van der Waals surface area contributed by atoms with Crippen LogP contribution in [0.4, 0.5) is 0 Å². The van der Waals surface area contributed by atoms with Gasteiger partial charge in [-0.3, -0.25) is 39.1 Å². The van der Waals surface area contributed by atoms with Crippen LogP contribution in [0, 0.1) is 23.7 Å². The fraction of sp³-hybridized carbons (Fsp3) is 0.419. The lowest BCUT2D eigenvalue weighted by molar-refractivity contribution is -0.145. The van der Waals surface area contributed by atoms with Crippen molar-refractivity contribution in [2.75, 3.05) is 26.7 Å². The van der Waals surface area contributed by atoms with Crippen LogP contribution in [0.2, 0.25) is 0 Å². The monoisotopic (exact) mass is 806 g/mol. The van der Waals surface area contributed by atoms with E-state index >= 15 is 0 Å². The number of hydrogen-bond acceptors (Lipinski definition) is 9. The van der Waals surface area contributed by atoms with Gasteiger partial charge in [0.05, 0.1) is 30.9 Å². The standard InChI is InChI=1S/C43H54N10O6/c1-28(20-38(54)37(22-31-25-47-35-15-7-6-14-33(31)35)50-43(59)34(44)24-32-26-46-27-48-32)41(57)51-53-19-11-10-18-52(2)17-9-8-16-36(40(45)56)49-42(58)30(23-39(53)55)21-29-12-4-3-5-13-29/h3-7,12-15,25-28,30,34,36-37,47H,8-9,16-24,44H2,1-2H3,(H2,45,56)(H,46,48)(H,49,58)(H,50,59)(H,51,57)/t28-,30+,34+,36+,37-/m1/s1. The number of hydrazine groups is 1. The number of nitrogens with zero attached hydrogens (tertiary/aromatic N) is 3. The van der Waals surface area contributed by atoms with Crippen LogP contribution in [0.5, 0.6) is 0 Å². The van der Waals surface area contributed by atoms with Crippen molar-refractivity contribution in [2.45, 2.75) is 76.4 Å². The van der Waals surface area contributed by atoms with E-state index in [4.69, 9.17) is 11.5 Å². The van der Waals surface area contributed by atoms with Crippen LogP contribution in [0.3, 0.4) is 0 Å². The van der Waals surface area contributed by atoms with Gasteiger partial charge in [0, 0.05) is 60.6 Å². The molecule has 0 aliphatic carbocycles. The summed E-state index contributed by atoms with van der Waals surface area (Å²) in [6.45, 7) is 2.44. The van der Waals surface area contributed by atoms with Gasteiger partial charge in [0.2, 0.25) is 29.5 Å². The molecular weight excluding hydrogens is 753 g/mol. The van der Waals surface area contributed by atoms with Crippen molar-refractivity contribution < 1.29 is 28.8 Å². The summed E-state index contributed by atoms with van der Waals surface area (Å²) in [5, 5.41) is 7.54. The molecule has 16 heteroatoms. The number of benzene rings is 2. The highest BCUT2D eigenvalue weighted by atomic mass is 16.2. The summed E-state index contributed by atoms with van der Waals surface area (Å²) in [6, 6.07) is 13.8. The van der Waals surface area contributed by atoms with Gasteiger partial charge >= 0.3 is 0 Å². The molecule has 1 aliphatic rings. The van der Waals surface area contributed by atoms with E-state index in [1.807, 2.05) is 66.5 Å². The lowest BCUT2D eigenvalue weighted by Gasteiger charge is -2.27. The van der Waals surface area contributed by atoms with Crippen LogP contribution >= 0.6 is 0 Å². The number of primary amides is 1. The number of fused-ring (bicyclic) bond motifs is 1. The number of carbonyl (C=O) groups excluding carboxylic acids is 6. The smallest absolute Gasteiger partial charge is 0.242 e. The van der Waals surface area contributed by atoms with Crippen molar-refractivity contribution in [3.8, 4) is 11.8 Å². The SMILES string of the molecule is C[C@H](CC(=O)[C@@H](Cc1c[nH]c2ccccc12)NC(=O)[C@@H](N)Cc1cnc[nH]1)C(=O)NN1CC#CCN(C)CCCC[C@@H](C(N)=O)NC(=O)[C@@H](Cc2ccccc2)CC1=O. The molecule has 1 aliphatic heterocycles. The second kappa shape index (κ2) is 21.4. The molecule has 5 rings (SSSR count). The maximum atomic E-state index is 14.0. The first-order chi connectivity index (χ1) is 28.4. The zero-order chi connectivity index (χ0) is 42.3. The second-order valence-corrected chi connectivity index (χ2v) is 15.2. The number of hydrogen-bond donors (Lipinski definition) is 7. The van der Waals surface area contributed by atoms with Gasteiger partial charge in [-0.2, -0.15) is 0 Å². The number of aromatic nitrogens is 3. The van der Waals surface area contributed by atoms with Crippen LogP contribution in [0.1, 0.15) is 55.8 Å². The number of carbonyl (C=O) groups is 6. The molecule has 0 unspecified atom stereocenters. The molecule has 9 N–H and O–H groups in total. The van der Waals surface area contributed by atoms with E-state index in [9.17, 15) is 28.8 Å². The number of Topliss-reactive ketones (excluding diaryl/α,β-unsaturated/α-hetero) is 1. The third kappa shape index (κ3) is 13.1. The summed E-state index contributed by atoms with van der Waals surface area (Å²) in [7, 11) is 1.89. The minimum Gasteiger partial charge on any atom is -0.368 e. The molecule has 2 aromatic heterocycles. The molecular formula is C43H54N10O6. The first-order valence-corrected chi connectivity index (χ1v) is 19.9. The Labute approximate surface area is 343 Å². The molecule has 0 saturated heterocycles. The van der Waals surface area contributed by atoms with Crippen LogP contribution in [-0.4, -0.2) is 105 Å². The Balaban J connectivity index is 1.33. The van der Waals surface area contributed by atoms with E-state index in [1.54, 1.807) is 19.3 Å². The van der Waals surface area contributed by atoms with Crippen molar-refractivity contribution in [1.82, 2.24) is 40.9 Å². The largest absolute Gasteiger partial charge is 0.368 e. The van der Waals surface area contributed by atoms with Gasteiger partial charge in [0.1, 0.15) is 12.6 Å². The summed E-state index contributed by atoms with van der Waals surface area (Å²) in [5.74, 6) is 0.794. The van der Waals surface area contributed by atoms with Crippen molar-refractivity contribution in [3.63, 3.8) is 0 Å². The van der Waals surface area contributed by atoms with Crippen LogP contribution in [-0.2, 0) is 48.0 Å². The molecule has 0 bridgehead atoms. The number of amides is 5. The molecule has 0 radical (unpaired) electrons. The Kier molecular flexibility index (Phi) is 15.9. The third-order valence-corrected chi connectivity index (χ3v) is 10.4. The normalized spacial score (nSPS) is 18.8. The molecule has 16 nitrogen and oxygen atoms in total. The van der Waals surface area contributed by atoms with Gasteiger partial charge < -0.3 is 32.1 Å². The average molecular weight is 807 g/mol. The number of aromatic amines is 2. The van der Waals surface area contributed by atoms with Crippen LogP contribution < -0.4 is 27.5 Å². The van der Waals surface area contributed by atoms with Crippen molar-refractivity contribution in [2.24, 2.45) is 23.3 Å². The number of imidazole rings is 1. The highest BCUT2D eigenvalue weighted by Crippen LogP contribution is 2.21. The van der Waals surface area contributed by atoms with Gasteiger partial charge in [0.15, 0.2) is 5.78 Å². The van der Waals surface area contributed by atoms with Crippen molar-refractivity contribution in [3.05, 3.63) is 90.1 Å². The summed E-state index contributed by atoms with van der Waals surface area (Å²) in [6.07, 6.45) is 6.45. The fourth-order valence-corrected chi connectivity index (χ4v) is 6.93. The Morgan fingerprint density at radius 1 is 0.966 bits per heavy atom. The quantitative estimate of drug-likeness (QED) is 0.0907. The van der Waals surface area contributed by atoms with Crippen LogP contribution in [0.15, 0.2) is 73.3 Å². The van der Waals surface area contributed by atoms with Gasteiger partial charge in [-0.05, 0) is 56.5 Å². The Bertz CT molecular complexity index is 2130. The summed E-state index contributed by atoms with van der Waals surface area (Å²) in [4.78, 5) is 93.4. The predicted octanol–water partition coefficient (Wildman–Crippen LogP) is 1.28. The Morgan fingerprint density at radius 3 is 2.46 bits per heavy atom. The van der Waals surface area contributed by atoms with Gasteiger partial charge in [-0.15, -0.1) is 0 Å². The first-order valence-electron chi connectivity index (χ1n) is 19.9. The molecule has 0 spiro atoms. The molecule has 5 atom stereocenters. The molecule has 59 heavy (non-hydrogen) atoms. The lowest BCUT2D eigenvalue weighted by atomic mass is 9.94. The highest BCUT2D eigenvalue weighted by molar-refractivity contribution is 5.95. The number of para-hydroxylation sites is 1. The fourth-order valence-electron chi connectivity index (χ4n) is 6.93. The van der Waals surface area contributed by atoms with Crippen LogP contribution in [0.25, 0.3) is 10.9 Å². The molecule has 312 valence electrons. The summed E-state index contributed by atoms with van der Waals surface area (Å²) in [5.41, 5.74) is 17.7. The molecule has 2 aromatic carbocycles. The average Bonchev–Trinajstić information content (AvgIpc) is 3.89. The number of H-pyrrole nitrogens is 2. The Morgan fingerprint density at radius 2 is 1.71 bits per heavy atom. The Hall–Kier alpha value is -6.31. The van der Waals surface area contributed by atoms with E-state index in [0.29, 0.717) is 31.6 Å². The molecule has 0 fully saturated rings. The predicted molar refractivity (Wildman–Crippen MR) is 221 cm³/mol. The van der Waals surface area contributed by atoms with Gasteiger partial charge in [-0.1, -0.05) is 67.3 Å². The van der Waals surface area contributed by atoms with Gasteiger partial charge in [0.25, 0.3) is 0 Å². The van der Waals surface area contributed by atoms with E-state index in [0.717, 1.165) is 33.5 Å². The molecule has 5 amide bonds. The molecule has 0 saturated carbocycles. The minimum absolute atomic E-state index is 0.135. The number of nitrogens with two attached hydrogens (primary N) is 2. The van der Waals surface area contributed by atoms with E-state index in [2.05, 4.69) is 42.9 Å². The van der Waals surface area contributed by atoms with E-state index < -0.39 is 65.3 Å². The van der Waals surface area contributed by atoms with Crippen molar-refractivity contribution >= 4 is 46.2 Å². The summed E-state index contributed by atoms with van der Waals surface area (Å²) >= 11 is 0. The maximum Gasteiger partial charge on any atom is 0.242 e. The molecule has 3 heterocycles. The zero-order valence-corrected chi connectivity index (χ0v) is 33.5. The van der Waals surface area contributed by atoms with E-state index in [-0.39, 0.29) is 38.6 Å². The van der Waals surface area contributed by atoms with Crippen molar-refractivity contribution in [1.29, 1.82) is 0 Å². The minimum atomic E-state index is -1.03. The maximum absolute atomic E-state index is 14.0. The van der Waals surface area contributed by atoms with Gasteiger partial charge in [-0.25, -0.2) is 9.99 Å². The first kappa shape index (κ1) is 43.8. The third-order valence-electron chi connectivity index (χ3n) is 10.4. The molecule has 4 aromatic rings. The number of ketones is 1.